The Morgan fingerprint density at radius 1 is 1.19 bits per heavy atom. The highest BCUT2D eigenvalue weighted by Crippen LogP contribution is 2.31. The minimum atomic E-state index is -0.448. The van der Waals surface area contributed by atoms with Crippen molar-refractivity contribution in [3.05, 3.63) is 59.2 Å². The van der Waals surface area contributed by atoms with Crippen LogP contribution in [0.2, 0.25) is 0 Å². The Morgan fingerprint density at radius 3 is 2.86 bits per heavy atom. The number of fused-ring (bicyclic) bond motifs is 1. The van der Waals surface area contributed by atoms with Crippen LogP contribution in [0.25, 0.3) is 0 Å². The lowest BCUT2D eigenvalue weighted by molar-refractivity contribution is 0.357. The van der Waals surface area contributed by atoms with E-state index < -0.39 is 11.6 Å². The first-order valence-electron chi connectivity index (χ1n) is 7.14. The van der Waals surface area contributed by atoms with E-state index in [4.69, 9.17) is 4.74 Å². The van der Waals surface area contributed by atoms with Crippen LogP contribution in [0.5, 0.6) is 5.75 Å². The number of hydrogen-bond donors (Lipinski definition) is 1. The topological polar surface area (TPSA) is 21.3 Å². The zero-order valence-corrected chi connectivity index (χ0v) is 11.8. The SMILES string of the molecule is CCC(Nc1cc(F)ccc1F)c1ccc2c(c1)CCO2. The van der Waals surface area contributed by atoms with Crippen molar-refractivity contribution in [3.8, 4) is 5.75 Å². The summed E-state index contributed by atoms with van der Waals surface area (Å²) in [4.78, 5) is 0. The molecule has 2 aromatic carbocycles. The van der Waals surface area contributed by atoms with Crippen molar-refractivity contribution in [2.45, 2.75) is 25.8 Å². The van der Waals surface area contributed by atoms with Crippen LogP contribution in [0.15, 0.2) is 36.4 Å². The molecule has 110 valence electrons. The zero-order valence-electron chi connectivity index (χ0n) is 11.8. The third-order valence-electron chi connectivity index (χ3n) is 3.78. The van der Waals surface area contributed by atoms with Gasteiger partial charge in [-0.15, -0.1) is 0 Å². The summed E-state index contributed by atoms with van der Waals surface area (Å²) in [5.41, 5.74) is 2.43. The van der Waals surface area contributed by atoms with Crippen LogP contribution in [0.3, 0.4) is 0 Å². The van der Waals surface area contributed by atoms with Crippen molar-refractivity contribution in [3.63, 3.8) is 0 Å². The lowest BCUT2D eigenvalue weighted by Gasteiger charge is -2.20. The maximum absolute atomic E-state index is 13.8. The number of anilines is 1. The van der Waals surface area contributed by atoms with Crippen LogP contribution < -0.4 is 10.1 Å². The molecule has 1 aliphatic heterocycles. The summed E-state index contributed by atoms with van der Waals surface area (Å²) in [7, 11) is 0. The summed E-state index contributed by atoms with van der Waals surface area (Å²) in [6.07, 6.45) is 1.67. The number of hydrogen-bond acceptors (Lipinski definition) is 2. The largest absolute Gasteiger partial charge is 0.493 e. The number of ether oxygens (including phenoxy) is 1. The molecule has 2 aromatic rings. The maximum Gasteiger partial charge on any atom is 0.146 e. The van der Waals surface area contributed by atoms with Gasteiger partial charge in [0.05, 0.1) is 18.3 Å². The van der Waals surface area contributed by atoms with Crippen LogP contribution in [0.4, 0.5) is 14.5 Å². The smallest absolute Gasteiger partial charge is 0.146 e. The van der Waals surface area contributed by atoms with Crippen molar-refractivity contribution in [2.75, 3.05) is 11.9 Å². The molecule has 4 heteroatoms. The van der Waals surface area contributed by atoms with Gasteiger partial charge in [0.2, 0.25) is 0 Å². The second-order valence-electron chi connectivity index (χ2n) is 5.19. The van der Waals surface area contributed by atoms with E-state index in [1.807, 2.05) is 19.1 Å². The van der Waals surface area contributed by atoms with Gasteiger partial charge < -0.3 is 10.1 Å². The van der Waals surface area contributed by atoms with E-state index in [9.17, 15) is 8.78 Å². The van der Waals surface area contributed by atoms with Gasteiger partial charge in [-0.3, -0.25) is 0 Å². The standard InChI is InChI=1S/C17H17F2NO/c1-2-15(20-16-10-13(18)4-5-14(16)19)11-3-6-17-12(9-11)7-8-21-17/h3-6,9-10,15,20H,2,7-8H2,1H3. The molecule has 0 radical (unpaired) electrons. The summed E-state index contributed by atoms with van der Waals surface area (Å²) in [6.45, 7) is 2.72. The first-order valence-corrected chi connectivity index (χ1v) is 7.14. The van der Waals surface area contributed by atoms with Gasteiger partial charge in [-0.2, -0.15) is 0 Å². The highest BCUT2D eigenvalue weighted by atomic mass is 19.1. The molecular weight excluding hydrogens is 272 g/mol. The van der Waals surface area contributed by atoms with E-state index in [1.54, 1.807) is 0 Å². The third-order valence-corrected chi connectivity index (χ3v) is 3.78. The second kappa shape index (κ2) is 5.72. The monoisotopic (exact) mass is 289 g/mol. The first-order chi connectivity index (χ1) is 10.2. The lowest BCUT2D eigenvalue weighted by Crippen LogP contribution is -2.11. The van der Waals surface area contributed by atoms with Gasteiger partial charge in [0.1, 0.15) is 17.4 Å². The molecule has 0 amide bonds. The molecule has 0 spiro atoms. The van der Waals surface area contributed by atoms with Crippen LogP contribution in [0.1, 0.15) is 30.5 Å². The predicted molar refractivity (Wildman–Crippen MR) is 78.7 cm³/mol. The van der Waals surface area contributed by atoms with Crippen molar-refractivity contribution < 1.29 is 13.5 Å². The maximum atomic E-state index is 13.8. The van der Waals surface area contributed by atoms with Gasteiger partial charge in [-0.05, 0) is 47.9 Å². The summed E-state index contributed by atoms with van der Waals surface area (Å²) in [6, 6.07) is 9.39. The Balaban J connectivity index is 1.86. The molecule has 0 aromatic heterocycles. The van der Waals surface area contributed by atoms with Gasteiger partial charge in [0.25, 0.3) is 0 Å². The van der Waals surface area contributed by atoms with Gasteiger partial charge in [0, 0.05) is 6.42 Å². The van der Waals surface area contributed by atoms with E-state index >= 15 is 0 Å². The van der Waals surface area contributed by atoms with E-state index in [0.717, 1.165) is 36.3 Å². The summed E-state index contributed by atoms with van der Waals surface area (Å²) >= 11 is 0. The molecule has 1 atom stereocenters. The molecule has 3 rings (SSSR count). The molecule has 2 nitrogen and oxygen atoms in total. The number of rotatable bonds is 4. The van der Waals surface area contributed by atoms with E-state index in [0.29, 0.717) is 6.61 Å². The fourth-order valence-corrected chi connectivity index (χ4v) is 2.64. The highest BCUT2D eigenvalue weighted by molar-refractivity contribution is 5.49. The summed E-state index contributed by atoms with van der Waals surface area (Å²) in [5, 5.41) is 3.09. The molecule has 21 heavy (non-hydrogen) atoms. The van der Waals surface area contributed by atoms with Crippen molar-refractivity contribution in [1.29, 1.82) is 0 Å². The number of nitrogens with one attached hydrogen (secondary N) is 1. The second-order valence-corrected chi connectivity index (χ2v) is 5.19. The molecule has 1 N–H and O–H groups in total. The highest BCUT2D eigenvalue weighted by Gasteiger charge is 2.17. The fraction of sp³-hybridized carbons (Fsp3) is 0.294. The van der Waals surface area contributed by atoms with E-state index in [2.05, 4.69) is 11.4 Å². The molecule has 1 aliphatic rings. The summed E-state index contributed by atoms with van der Waals surface area (Å²) in [5.74, 6) is 0.0287. The summed E-state index contributed by atoms with van der Waals surface area (Å²) < 4.78 is 32.5. The minimum Gasteiger partial charge on any atom is -0.493 e. The first kappa shape index (κ1) is 13.9. The average Bonchev–Trinajstić information content (AvgIpc) is 2.95. The predicted octanol–water partition coefficient (Wildman–Crippen LogP) is 4.46. The van der Waals surface area contributed by atoms with Crippen LogP contribution in [-0.4, -0.2) is 6.61 Å². The van der Waals surface area contributed by atoms with Gasteiger partial charge in [-0.25, -0.2) is 8.78 Å². The average molecular weight is 289 g/mol. The van der Waals surface area contributed by atoms with Crippen molar-refractivity contribution in [1.82, 2.24) is 0 Å². The Labute approximate surface area is 122 Å². The minimum absolute atomic E-state index is 0.0628. The molecule has 0 bridgehead atoms. The Hall–Kier alpha value is -2.10. The molecular formula is C17H17F2NO. The molecule has 0 fully saturated rings. The molecule has 0 saturated carbocycles. The normalized spacial score (nSPS) is 14.4. The Bertz CT molecular complexity index is 657. The molecule has 0 aliphatic carbocycles. The van der Waals surface area contributed by atoms with Crippen molar-refractivity contribution >= 4 is 5.69 Å². The molecule has 1 unspecified atom stereocenters. The lowest BCUT2D eigenvalue weighted by atomic mass is 10.0. The van der Waals surface area contributed by atoms with Crippen LogP contribution in [-0.2, 0) is 6.42 Å². The third kappa shape index (κ3) is 2.84. The van der Waals surface area contributed by atoms with E-state index in [1.165, 1.54) is 11.6 Å². The molecule has 0 saturated heterocycles. The number of halogens is 2. The Kier molecular flexibility index (Phi) is 3.78. The number of benzene rings is 2. The van der Waals surface area contributed by atoms with Gasteiger partial charge >= 0.3 is 0 Å². The fourth-order valence-electron chi connectivity index (χ4n) is 2.64. The van der Waals surface area contributed by atoms with Gasteiger partial charge in [0.15, 0.2) is 0 Å². The quantitative estimate of drug-likeness (QED) is 0.897. The van der Waals surface area contributed by atoms with Gasteiger partial charge in [-0.1, -0.05) is 13.0 Å². The van der Waals surface area contributed by atoms with E-state index in [-0.39, 0.29) is 11.7 Å². The van der Waals surface area contributed by atoms with Crippen LogP contribution in [0, 0.1) is 11.6 Å². The molecule has 1 heterocycles. The van der Waals surface area contributed by atoms with Crippen molar-refractivity contribution in [2.24, 2.45) is 0 Å². The zero-order chi connectivity index (χ0) is 14.8. The Morgan fingerprint density at radius 2 is 2.05 bits per heavy atom. The van der Waals surface area contributed by atoms with Crippen LogP contribution >= 0.6 is 0 Å².